The lowest BCUT2D eigenvalue weighted by molar-refractivity contribution is 0.286. The van der Waals surface area contributed by atoms with E-state index < -0.39 is 5.54 Å². The van der Waals surface area contributed by atoms with Crippen LogP contribution in [0.4, 0.5) is 0 Å². The summed E-state index contributed by atoms with van der Waals surface area (Å²) in [7, 11) is 0. The first-order chi connectivity index (χ1) is 10.1. The molecule has 3 rings (SSSR count). The summed E-state index contributed by atoms with van der Waals surface area (Å²) in [5, 5.41) is 0. The van der Waals surface area contributed by atoms with Crippen LogP contribution >= 0.6 is 15.9 Å². The number of halogens is 1. The van der Waals surface area contributed by atoms with Crippen LogP contribution in [0, 0.1) is 12.8 Å². The normalized spacial score (nSPS) is 20.1. The van der Waals surface area contributed by atoms with Crippen molar-refractivity contribution in [3.8, 4) is 5.75 Å². The molecule has 1 aromatic rings. The van der Waals surface area contributed by atoms with Gasteiger partial charge in [-0.3, -0.25) is 0 Å². The highest BCUT2D eigenvalue weighted by Gasteiger charge is 2.39. The van der Waals surface area contributed by atoms with Gasteiger partial charge in [0.1, 0.15) is 11.3 Å². The zero-order valence-electron chi connectivity index (χ0n) is 12.3. The molecular formula is C17H20BrNO2. The Bertz CT molecular complexity index is 583. The molecule has 0 spiro atoms. The van der Waals surface area contributed by atoms with Crippen molar-refractivity contribution in [2.24, 2.45) is 10.9 Å². The van der Waals surface area contributed by atoms with E-state index in [2.05, 4.69) is 40.0 Å². The second-order valence-electron chi connectivity index (χ2n) is 6.32. The van der Waals surface area contributed by atoms with Crippen molar-refractivity contribution < 1.29 is 9.53 Å². The van der Waals surface area contributed by atoms with Gasteiger partial charge in [-0.25, -0.2) is 4.79 Å². The Morgan fingerprint density at radius 2 is 2.10 bits per heavy atom. The predicted molar refractivity (Wildman–Crippen MR) is 85.4 cm³/mol. The average Bonchev–Trinajstić information content (AvgIpc) is 3.15. The first kappa shape index (κ1) is 14.8. The smallest absolute Gasteiger partial charge is 0.235 e. The van der Waals surface area contributed by atoms with Crippen LogP contribution in [0.15, 0.2) is 21.6 Å². The van der Waals surface area contributed by atoms with Crippen LogP contribution in [0.5, 0.6) is 5.75 Å². The fourth-order valence-electron chi connectivity index (χ4n) is 3.20. The number of carbonyl (C=O) groups excluding carboxylic acids is 1. The molecule has 2 aliphatic rings. The standard InChI is InChI=1S/C17H20BrNO2/c1-12-8-14(17(19-11-20)6-2-3-7-17)16(15(18)9-12)21-10-13-4-5-13/h8-9,13H,2-7,10H2,1H3. The fraction of sp³-hybridized carbons (Fsp3) is 0.588. The summed E-state index contributed by atoms with van der Waals surface area (Å²) < 4.78 is 7.06. The molecule has 0 bridgehead atoms. The van der Waals surface area contributed by atoms with Crippen molar-refractivity contribution in [2.75, 3.05) is 6.61 Å². The van der Waals surface area contributed by atoms with Gasteiger partial charge in [0.25, 0.3) is 0 Å². The molecule has 21 heavy (non-hydrogen) atoms. The number of nitrogens with zero attached hydrogens (tertiary/aromatic N) is 1. The number of benzene rings is 1. The lowest BCUT2D eigenvalue weighted by Crippen LogP contribution is -2.21. The minimum absolute atomic E-state index is 0.435. The molecule has 0 N–H and O–H groups in total. The van der Waals surface area contributed by atoms with Gasteiger partial charge >= 0.3 is 0 Å². The molecule has 0 amide bonds. The van der Waals surface area contributed by atoms with Gasteiger partial charge in [0.15, 0.2) is 0 Å². The quantitative estimate of drug-likeness (QED) is 0.573. The number of hydrogen-bond acceptors (Lipinski definition) is 3. The highest BCUT2D eigenvalue weighted by atomic mass is 79.9. The Morgan fingerprint density at radius 3 is 2.71 bits per heavy atom. The summed E-state index contributed by atoms with van der Waals surface area (Å²) in [5.41, 5.74) is 1.77. The maximum Gasteiger partial charge on any atom is 0.235 e. The Kier molecular flexibility index (Phi) is 4.19. The van der Waals surface area contributed by atoms with Crippen molar-refractivity contribution in [1.29, 1.82) is 0 Å². The Balaban J connectivity index is 2.03. The van der Waals surface area contributed by atoms with Crippen LogP contribution in [0.3, 0.4) is 0 Å². The molecule has 2 aliphatic carbocycles. The second kappa shape index (κ2) is 5.94. The molecule has 0 saturated heterocycles. The monoisotopic (exact) mass is 349 g/mol. The van der Waals surface area contributed by atoms with E-state index in [1.807, 2.05) is 0 Å². The largest absolute Gasteiger partial charge is 0.492 e. The van der Waals surface area contributed by atoms with E-state index in [0.29, 0.717) is 5.92 Å². The zero-order chi connectivity index (χ0) is 14.9. The van der Waals surface area contributed by atoms with Gasteiger partial charge in [0.2, 0.25) is 6.08 Å². The van der Waals surface area contributed by atoms with Crippen molar-refractivity contribution in [1.82, 2.24) is 0 Å². The van der Waals surface area contributed by atoms with Crippen LogP contribution < -0.4 is 4.74 Å². The number of ether oxygens (including phenoxy) is 1. The van der Waals surface area contributed by atoms with Gasteiger partial charge in [0.05, 0.1) is 11.1 Å². The Labute approximate surface area is 133 Å². The third-order valence-electron chi connectivity index (χ3n) is 4.54. The predicted octanol–water partition coefficient (Wildman–Crippen LogP) is 4.65. The number of isocyanates is 1. The molecule has 2 fully saturated rings. The molecule has 1 aromatic carbocycles. The van der Waals surface area contributed by atoms with E-state index >= 15 is 0 Å². The number of aryl methyl sites for hydroxylation is 1. The summed E-state index contributed by atoms with van der Waals surface area (Å²) in [4.78, 5) is 15.2. The van der Waals surface area contributed by atoms with Crippen molar-refractivity contribution >= 4 is 22.0 Å². The topological polar surface area (TPSA) is 38.7 Å². The molecule has 3 nitrogen and oxygen atoms in total. The summed E-state index contributed by atoms with van der Waals surface area (Å²) >= 11 is 3.63. The van der Waals surface area contributed by atoms with Crippen molar-refractivity contribution in [3.05, 3.63) is 27.7 Å². The summed E-state index contributed by atoms with van der Waals surface area (Å²) in [5.74, 6) is 1.56. The Hall–Kier alpha value is -1.12. The zero-order valence-corrected chi connectivity index (χ0v) is 13.9. The molecule has 2 saturated carbocycles. The first-order valence-electron chi connectivity index (χ1n) is 7.67. The molecule has 0 unspecified atom stereocenters. The maximum absolute atomic E-state index is 11.0. The third kappa shape index (κ3) is 3.07. The number of rotatable bonds is 5. The SMILES string of the molecule is Cc1cc(Br)c(OCC2CC2)c(C2(N=C=O)CCCC2)c1. The van der Waals surface area contributed by atoms with E-state index in [1.54, 1.807) is 6.08 Å². The maximum atomic E-state index is 11.0. The van der Waals surface area contributed by atoms with E-state index in [9.17, 15) is 4.79 Å². The van der Waals surface area contributed by atoms with E-state index in [0.717, 1.165) is 53.6 Å². The minimum Gasteiger partial charge on any atom is -0.492 e. The molecule has 112 valence electrons. The Morgan fingerprint density at radius 1 is 1.38 bits per heavy atom. The highest BCUT2D eigenvalue weighted by molar-refractivity contribution is 9.10. The fourth-order valence-corrected chi connectivity index (χ4v) is 3.88. The van der Waals surface area contributed by atoms with Gasteiger partial charge in [-0.15, -0.1) is 0 Å². The van der Waals surface area contributed by atoms with Crippen LogP contribution in [0.2, 0.25) is 0 Å². The molecule has 0 heterocycles. The minimum atomic E-state index is -0.435. The highest BCUT2D eigenvalue weighted by Crippen LogP contribution is 2.48. The van der Waals surface area contributed by atoms with Crippen molar-refractivity contribution in [3.63, 3.8) is 0 Å². The van der Waals surface area contributed by atoms with E-state index in [4.69, 9.17) is 4.74 Å². The molecule has 4 heteroatoms. The molecule has 0 aromatic heterocycles. The van der Waals surface area contributed by atoms with Crippen LogP contribution in [0.1, 0.15) is 49.7 Å². The molecule has 0 aliphatic heterocycles. The number of aliphatic imine (C=N–C) groups is 1. The summed E-state index contributed by atoms with van der Waals surface area (Å²) in [6.45, 7) is 2.82. The number of hydrogen-bond donors (Lipinski definition) is 0. The first-order valence-corrected chi connectivity index (χ1v) is 8.46. The van der Waals surface area contributed by atoms with Gasteiger partial charge < -0.3 is 4.74 Å². The van der Waals surface area contributed by atoms with Gasteiger partial charge in [-0.05, 0) is 72.2 Å². The lowest BCUT2D eigenvalue weighted by atomic mass is 9.87. The average molecular weight is 350 g/mol. The van der Waals surface area contributed by atoms with Crippen LogP contribution in [-0.2, 0) is 10.3 Å². The summed E-state index contributed by atoms with van der Waals surface area (Å²) in [6.07, 6.45) is 8.31. The van der Waals surface area contributed by atoms with Gasteiger partial charge in [-0.2, -0.15) is 4.99 Å². The van der Waals surface area contributed by atoms with Crippen LogP contribution in [0.25, 0.3) is 0 Å². The van der Waals surface area contributed by atoms with E-state index in [1.165, 1.54) is 12.8 Å². The second-order valence-corrected chi connectivity index (χ2v) is 7.17. The van der Waals surface area contributed by atoms with Crippen molar-refractivity contribution in [2.45, 2.75) is 51.0 Å². The van der Waals surface area contributed by atoms with Crippen LogP contribution in [-0.4, -0.2) is 12.7 Å². The van der Waals surface area contributed by atoms with Gasteiger partial charge in [-0.1, -0.05) is 12.8 Å². The lowest BCUT2D eigenvalue weighted by Gasteiger charge is -2.27. The molecule has 0 atom stereocenters. The molecular weight excluding hydrogens is 330 g/mol. The van der Waals surface area contributed by atoms with Gasteiger partial charge in [0, 0.05) is 5.56 Å². The van der Waals surface area contributed by atoms with E-state index in [-0.39, 0.29) is 0 Å². The third-order valence-corrected chi connectivity index (χ3v) is 5.13. The summed E-state index contributed by atoms with van der Waals surface area (Å²) in [6, 6.07) is 4.19. The molecule has 0 radical (unpaired) electrons.